The summed E-state index contributed by atoms with van der Waals surface area (Å²) in [5, 5.41) is 3.54. The summed E-state index contributed by atoms with van der Waals surface area (Å²) in [5.74, 6) is 0.0202. The second kappa shape index (κ2) is 5.33. The fraction of sp³-hybridized carbons (Fsp3) is 0.600. The molecule has 0 aromatic carbocycles. The lowest BCUT2D eigenvalue weighted by Crippen LogP contribution is -2.35. The van der Waals surface area contributed by atoms with E-state index in [2.05, 4.69) is 10.3 Å². The molecule has 0 radical (unpaired) electrons. The first-order chi connectivity index (χ1) is 8.49. The number of aromatic nitrogens is 1. The van der Waals surface area contributed by atoms with E-state index in [-0.39, 0.29) is 11.7 Å². The van der Waals surface area contributed by atoms with E-state index < -0.39 is 10.0 Å². The second-order valence-corrected chi connectivity index (χ2v) is 7.39. The Labute approximate surface area is 110 Å². The molecule has 0 saturated carbocycles. The minimum atomic E-state index is -3.07. The second-order valence-electron chi connectivity index (χ2n) is 4.07. The van der Waals surface area contributed by atoms with Gasteiger partial charge in [-0.05, 0) is 13.3 Å². The monoisotopic (exact) mass is 289 g/mol. The molecule has 1 fully saturated rings. The Morgan fingerprint density at radius 1 is 1.61 bits per heavy atom. The Bertz CT molecular complexity index is 538. The van der Waals surface area contributed by atoms with Crippen LogP contribution in [0.2, 0.25) is 0 Å². The van der Waals surface area contributed by atoms with Gasteiger partial charge in [0.15, 0.2) is 0 Å². The van der Waals surface area contributed by atoms with Gasteiger partial charge in [-0.25, -0.2) is 17.7 Å². The van der Waals surface area contributed by atoms with Crippen molar-refractivity contribution in [3.8, 4) is 0 Å². The van der Waals surface area contributed by atoms with Crippen LogP contribution >= 0.6 is 11.3 Å². The summed E-state index contributed by atoms with van der Waals surface area (Å²) in [6, 6.07) is 0. The minimum absolute atomic E-state index is 0.197. The highest BCUT2D eigenvalue weighted by Gasteiger charge is 2.27. The average Bonchev–Trinajstić information content (AvgIpc) is 2.85. The van der Waals surface area contributed by atoms with Gasteiger partial charge in [-0.15, -0.1) is 11.3 Å². The Hall–Kier alpha value is -0.990. The van der Waals surface area contributed by atoms with Gasteiger partial charge in [0.2, 0.25) is 10.0 Å². The van der Waals surface area contributed by atoms with Gasteiger partial charge in [-0.3, -0.25) is 4.79 Å². The largest absolute Gasteiger partial charge is 0.350 e. The van der Waals surface area contributed by atoms with Crippen molar-refractivity contribution in [2.45, 2.75) is 13.3 Å². The molecular weight excluding hydrogens is 274 g/mol. The van der Waals surface area contributed by atoms with Crippen LogP contribution in [0, 0.1) is 6.92 Å². The number of hydrogen-bond acceptors (Lipinski definition) is 5. The number of rotatable bonds is 4. The van der Waals surface area contributed by atoms with Crippen molar-refractivity contribution in [3.63, 3.8) is 0 Å². The molecule has 0 atom stereocenters. The number of carbonyl (C=O) groups is 1. The van der Waals surface area contributed by atoms with Gasteiger partial charge < -0.3 is 5.32 Å². The summed E-state index contributed by atoms with van der Waals surface area (Å²) in [4.78, 5) is 16.2. The summed E-state index contributed by atoms with van der Waals surface area (Å²) in [7, 11) is -3.07. The topological polar surface area (TPSA) is 79.4 Å². The predicted molar refractivity (Wildman–Crippen MR) is 69.2 cm³/mol. The highest BCUT2D eigenvalue weighted by atomic mass is 32.2. The summed E-state index contributed by atoms with van der Waals surface area (Å²) >= 11 is 1.32. The van der Waals surface area contributed by atoms with Crippen LogP contribution in [0.5, 0.6) is 0 Å². The maximum atomic E-state index is 11.7. The quantitative estimate of drug-likeness (QED) is 0.860. The molecule has 0 aliphatic carbocycles. The number of nitrogens with one attached hydrogen (secondary N) is 1. The minimum Gasteiger partial charge on any atom is -0.350 e. The molecular formula is C10H15N3O3S2. The lowest BCUT2D eigenvalue weighted by molar-refractivity contribution is 0.0955. The molecule has 1 saturated heterocycles. The van der Waals surface area contributed by atoms with Gasteiger partial charge in [-0.2, -0.15) is 0 Å². The molecule has 8 heteroatoms. The standard InChI is InChI=1S/C10H15N3O3S2/c1-8-12-7-9(17-8)10(14)11-3-5-13-4-2-6-18(13,15)16/h7H,2-6H2,1H3,(H,11,14). The van der Waals surface area contributed by atoms with Gasteiger partial charge in [-0.1, -0.05) is 0 Å². The van der Waals surface area contributed by atoms with Crippen molar-refractivity contribution < 1.29 is 13.2 Å². The summed E-state index contributed by atoms with van der Waals surface area (Å²) < 4.78 is 24.5. The van der Waals surface area contributed by atoms with Crippen molar-refractivity contribution in [2.24, 2.45) is 0 Å². The van der Waals surface area contributed by atoms with Crippen molar-refractivity contribution in [3.05, 3.63) is 16.1 Å². The molecule has 0 unspecified atom stereocenters. The normalized spacial score (nSPS) is 18.9. The Kier molecular flexibility index (Phi) is 3.98. The number of aryl methyl sites for hydroxylation is 1. The van der Waals surface area contributed by atoms with Gasteiger partial charge in [0.05, 0.1) is 17.0 Å². The number of amides is 1. The third-order valence-corrected chi connectivity index (χ3v) is 5.56. The van der Waals surface area contributed by atoms with Gasteiger partial charge in [0.1, 0.15) is 4.88 Å². The van der Waals surface area contributed by atoms with E-state index in [9.17, 15) is 13.2 Å². The maximum absolute atomic E-state index is 11.7. The van der Waals surface area contributed by atoms with Gasteiger partial charge in [0.25, 0.3) is 5.91 Å². The van der Waals surface area contributed by atoms with E-state index in [1.54, 1.807) is 0 Å². The average molecular weight is 289 g/mol. The highest BCUT2D eigenvalue weighted by molar-refractivity contribution is 7.89. The van der Waals surface area contributed by atoms with E-state index in [0.29, 0.717) is 30.9 Å². The van der Waals surface area contributed by atoms with Crippen molar-refractivity contribution in [1.29, 1.82) is 0 Å². The van der Waals surface area contributed by atoms with Gasteiger partial charge in [0, 0.05) is 19.6 Å². The van der Waals surface area contributed by atoms with E-state index >= 15 is 0 Å². The lowest BCUT2D eigenvalue weighted by atomic mass is 10.4. The molecule has 100 valence electrons. The Balaban J connectivity index is 1.81. The van der Waals surface area contributed by atoms with Crippen LogP contribution < -0.4 is 5.32 Å². The first kappa shape index (κ1) is 13.4. The van der Waals surface area contributed by atoms with Crippen molar-refractivity contribution in [1.82, 2.24) is 14.6 Å². The van der Waals surface area contributed by atoms with Gasteiger partial charge >= 0.3 is 0 Å². The van der Waals surface area contributed by atoms with E-state index in [0.717, 1.165) is 5.01 Å². The van der Waals surface area contributed by atoms with Crippen LogP contribution in [0.15, 0.2) is 6.20 Å². The molecule has 2 heterocycles. The van der Waals surface area contributed by atoms with Crippen molar-refractivity contribution >= 4 is 27.3 Å². The van der Waals surface area contributed by atoms with E-state index in [1.807, 2.05) is 6.92 Å². The molecule has 1 aliphatic heterocycles. The van der Waals surface area contributed by atoms with Crippen LogP contribution in [0.1, 0.15) is 21.1 Å². The number of thiazole rings is 1. The molecule has 6 nitrogen and oxygen atoms in total. The Morgan fingerprint density at radius 3 is 2.94 bits per heavy atom. The fourth-order valence-corrected chi connectivity index (χ4v) is 4.01. The fourth-order valence-electron chi connectivity index (χ4n) is 1.79. The molecule has 1 amide bonds. The molecule has 1 aromatic heterocycles. The molecule has 1 N–H and O–H groups in total. The molecule has 18 heavy (non-hydrogen) atoms. The number of nitrogens with zero attached hydrogens (tertiary/aromatic N) is 2. The number of hydrogen-bond donors (Lipinski definition) is 1. The summed E-state index contributed by atoms with van der Waals surface area (Å²) in [6.45, 7) is 3.05. The zero-order valence-electron chi connectivity index (χ0n) is 10.0. The van der Waals surface area contributed by atoms with Crippen LogP contribution in [0.25, 0.3) is 0 Å². The highest BCUT2D eigenvalue weighted by Crippen LogP contribution is 2.13. The predicted octanol–water partition coefficient (Wildman–Crippen LogP) is 0.217. The van der Waals surface area contributed by atoms with Crippen molar-refractivity contribution in [2.75, 3.05) is 25.4 Å². The SMILES string of the molecule is Cc1ncc(C(=O)NCCN2CCCS2(=O)=O)s1. The number of carbonyl (C=O) groups excluding carboxylic acids is 1. The zero-order valence-corrected chi connectivity index (χ0v) is 11.7. The van der Waals surface area contributed by atoms with E-state index in [1.165, 1.54) is 21.8 Å². The first-order valence-corrected chi connectivity index (χ1v) is 8.10. The van der Waals surface area contributed by atoms with E-state index in [4.69, 9.17) is 0 Å². The summed E-state index contributed by atoms with van der Waals surface area (Å²) in [5.41, 5.74) is 0. The van der Waals surface area contributed by atoms with Crippen LogP contribution in [0.3, 0.4) is 0 Å². The van der Waals surface area contributed by atoms with Crippen LogP contribution in [0.4, 0.5) is 0 Å². The Morgan fingerprint density at radius 2 is 2.39 bits per heavy atom. The maximum Gasteiger partial charge on any atom is 0.263 e. The smallest absolute Gasteiger partial charge is 0.263 e. The molecule has 1 aliphatic rings. The molecule has 0 bridgehead atoms. The lowest BCUT2D eigenvalue weighted by Gasteiger charge is -2.13. The first-order valence-electron chi connectivity index (χ1n) is 5.67. The third kappa shape index (κ3) is 3.06. The number of sulfonamides is 1. The van der Waals surface area contributed by atoms with Crippen LogP contribution in [-0.4, -0.2) is 49.0 Å². The molecule has 2 rings (SSSR count). The zero-order chi connectivity index (χ0) is 13.2. The van der Waals surface area contributed by atoms with Crippen LogP contribution in [-0.2, 0) is 10.0 Å². The third-order valence-electron chi connectivity index (χ3n) is 2.70. The molecule has 1 aromatic rings. The summed E-state index contributed by atoms with van der Waals surface area (Å²) in [6.07, 6.45) is 2.20. The molecule has 0 spiro atoms.